The number of halogens is 1. The molecule has 2 amide bonds. The molecule has 1 aliphatic heterocycles. The van der Waals surface area contributed by atoms with Gasteiger partial charge in [-0.15, -0.1) is 0 Å². The fourth-order valence-corrected chi connectivity index (χ4v) is 5.31. The highest BCUT2D eigenvalue weighted by atomic mass is 35.5. The Balaban J connectivity index is 1.75. The minimum Gasteiger partial charge on any atom is -0.339 e. The molecule has 1 heterocycles. The standard InChI is InChI=1S/C24H29ClN2O4S/c1-3-4-5-19-6-8-20(9-7-19)17-32(30,31)21-10-11-23(25)22(16-21)24(29)27-14-12-26(13-15-27)18(2)28/h6-11,16H,3-5,12-15,17H2,1-2H3. The normalized spacial score (nSPS) is 14.5. The second-order valence-electron chi connectivity index (χ2n) is 8.12. The average Bonchev–Trinajstić information content (AvgIpc) is 2.78. The summed E-state index contributed by atoms with van der Waals surface area (Å²) >= 11 is 6.25. The highest BCUT2D eigenvalue weighted by Gasteiger charge is 2.26. The average molecular weight is 477 g/mol. The summed E-state index contributed by atoms with van der Waals surface area (Å²) in [4.78, 5) is 27.9. The number of benzene rings is 2. The Hall–Kier alpha value is -2.38. The molecule has 3 rings (SSSR count). The van der Waals surface area contributed by atoms with Gasteiger partial charge in [-0.25, -0.2) is 8.42 Å². The van der Waals surface area contributed by atoms with E-state index in [2.05, 4.69) is 6.92 Å². The van der Waals surface area contributed by atoms with Gasteiger partial charge in [0.15, 0.2) is 9.84 Å². The first kappa shape index (κ1) is 24.3. The minimum absolute atomic E-state index is 0.0263. The molecule has 0 aromatic heterocycles. The molecule has 0 radical (unpaired) electrons. The summed E-state index contributed by atoms with van der Waals surface area (Å²) in [6.45, 7) is 5.31. The zero-order valence-corrected chi connectivity index (χ0v) is 20.1. The van der Waals surface area contributed by atoms with Gasteiger partial charge >= 0.3 is 0 Å². The lowest BCUT2D eigenvalue weighted by Crippen LogP contribution is -2.50. The first-order valence-corrected chi connectivity index (χ1v) is 12.9. The predicted molar refractivity (Wildman–Crippen MR) is 126 cm³/mol. The molecule has 0 N–H and O–H groups in total. The number of amides is 2. The summed E-state index contributed by atoms with van der Waals surface area (Å²) in [6, 6.07) is 11.9. The highest BCUT2D eigenvalue weighted by Crippen LogP contribution is 2.25. The van der Waals surface area contributed by atoms with Crippen LogP contribution in [-0.2, 0) is 26.8 Å². The largest absolute Gasteiger partial charge is 0.339 e. The Morgan fingerprint density at radius 1 is 0.938 bits per heavy atom. The number of sulfone groups is 1. The molecule has 0 spiro atoms. The zero-order chi connectivity index (χ0) is 23.3. The number of hydrogen-bond acceptors (Lipinski definition) is 4. The molecule has 2 aromatic carbocycles. The van der Waals surface area contributed by atoms with Crippen molar-refractivity contribution in [1.82, 2.24) is 9.80 Å². The van der Waals surface area contributed by atoms with Crippen LogP contribution in [0.1, 0.15) is 48.2 Å². The van der Waals surface area contributed by atoms with Gasteiger partial charge in [-0.3, -0.25) is 9.59 Å². The van der Waals surface area contributed by atoms with Gasteiger partial charge in [0, 0.05) is 33.1 Å². The Morgan fingerprint density at radius 2 is 1.53 bits per heavy atom. The SMILES string of the molecule is CCCCc1ccc(CS(=O)(=O)c2ccc(Cl)c(C(=O)N3CCN(C(C)=O)CC3)c2)cc1. The van der Waals surface area contributed by atoms with Crippen LogP contribution >= 0.6 is 11.6 Å². The molecular weight excluding hydrogens is 448 g/mol. The molecule has 32 heavy (non-hydrogen) atoms. The van der Waals surface area contributed by atoms with E-state index in [0.717, 1.165) is 19.3 Å². The van der Waals surface area contributed by atoms with Gasteiger partial charge in [-0.2, -0.15) is 0 Å². The lowest BCUT2D eigenvalue weighted by atomic mass is 10.1. The summed E-state index contributed by atoms with van der Waals surface area (Å²) in [6.07, 6.45) is 3.19. The second kappa shape index (κ2) is 10.5. The van der Waals surface area contributed by atoms with Crippen LogP contribution in [0.4, 0.5) is 0 Å². The number of rotatable bonds is 7. The van der Waals surface area contributed by atoms with Gasteiger partial charge in [-0.05, 0) is 42.2 Å². The Bertz CT molecular complexity index is 1080. The third-order valence-electron chi connectivity index (χ3n) is 5.74. The number of unbranched alkanes of at least 4 members (excludes halogenated alkanes) is 1. The van der Waals surface area contributed by atoms with Crippen molar-refractivity contribution in [3.63, 3.8) is 0 Å². The minimum atomic E-state index is -3.65. The van der Waals surface area contributed by atoms with Crippen LogP contribution < -0.4 is 0 Å². The lowest BCUT2D eigenvalue weighted by Gasteiger charge is -2.34. The Morgan fingerprint density at radius 3 is 2.12 bits per heavy atom. The molecule has 172 valence electrons. The number of carbonyl (C=O) groups excluding carboxylic acids is 2. The van der Waals surface area contributed by atoms with Crippen molar-refractivity contribution in [2.75, 3.05) is 26.2 Å². The van der Waals surface area contributed by atoms with Crippen molar-refractivity contribution in [3.05, 3.63) is 64.2 Å². The Labute approximate surface area is 195 Å². The van der Waals surface area contributed by atoms with E-state index in [1.807, 2.05) is 24.3 Å². The number of hydrogen-bond donors (Lipinski definition) is 0. The van der Waals surface area contributed by atoms with Crippen LogP contribution in [0.3, 0.4) is 0 Å². The number of aryl methyl sites for hydroxylation is 1. The third kappa shape index (κ3) is 5.90. The van der Waals surface area contributed by atoms with E-state index in [1.165, 1.54) is 30.7 Å². The predicted octanol–water partition coefficient (Wildman–Crippen LogP) is 3.96. The molecule has 0 saturated carbocycles. The van der Waals surface area contributed by atoms with Crippen LogP contribution in [0, 0.1) is 0 Å². The number of carbonyl (C=O) groups is 2. The van der Waals surface area contributed by atoms with Gasteiger partial charge in [0.2, 0.25) is 5.91 Å². The van der Waals surface area contributed by atoms with Crippen LogP contribution in [0.2, 0.25) is 5.02 Å². The first-order valence-electron chi connectivity index (χ1n) is 10.9. The maximum Gasteiger partial charge on any atom is 0.255 e. The molecule has 6 nitrogen and oxygen atoms in total. The number of nitrogens with zero attached hydrogens (tertiary/aromatic N) is 2. The van der Waals surface area contributed by atoms with E-state index in [0.29, 0.717) is 31.7 Å². The fraction of sp³-hybridized carbons (Fsp3) is 0.417. The molecule has 0 atom stereocenters. The second-order valence-corrected chi connectivity index (χ2v) is 10.5. The quantitative estimate of drug-likeness (QED) is 0.606. The zero-order valence-electron chi connectivity index (χ0n) is 18.5. The van der Waals surface area contributed by atoms with E-state index in [-0.39, 0.29) is 33.0 Å². The summed E-state index contributed by atoms with van der Waals surface area (Å²) in [5.74, 6) is -0.495. The molecule has 1 fully saturated rings. The van der Waals surface area contributed by atoms with Crippen LogP contribution in [0.15, 0.2) is 47.4 Å². The maximum absolute atomic E-state index is 13.0. The summed E-state index contributed by atoms with van der Waals surface area (Å²) < 4.78 is 26.1. The van der Waals surface area contributed by atoms with Crippen molar-refractivity contribution in [1.29, 1.82) is 0 Å². The van der Waals surface area contributed by atoms with Crippen molar-refractivity contribution in [2.45, 2.75) is 43.8 Å². The highest BCUT2D eigenvalue weighted by molar-refractivity contribution is 7.90. The van der Waals surface area contributed by atoms with E-state index in [4.69, 9.17) is 11.6 Å². The summed E-state index contributed by atoms with van der Waals surface area (Å²) in [5, 5.41) is 0.211. The van der Waals surface area contributed by atoms with E-state index >= 15 is 0 Å². The van der Waals surface area contributed by atoms with Crippen molar-refractivity contribution in [2.24, 2.45) is 0 Å². The lowest BCUT2D eigenvalue weighted by molar-refractivity contribution is -0.130. The van der Waals surface area contributed by atoms with Gasteiger partial charge in [0.25, 0.3) is 5.91 Å². The first-order chi connectivity index (χ1) is 15.2. The molecule has 1 aliphatic rings. The fourth-order valence-electron chi connectivity index (χ4n) is 3.74. The molecular formula is C24H29ClN2O4S. The topological polar surface area (TPSA) is 74.8 Å². The van der Waals surface area contributed by atoms with Crippen molar-refractivity contribution < 1.29 is 18.0 Å². The van der Waals surface area contributed by atoms with Gasteiger partial charge in [0.05, 0.1) is 21.2 Å². The van der Waals surface area contributed by atoms with E-state index in [9.17, 15) is 18.0 Å². The van der Waals surface area contributed by atoms with Gasteiger partial charge in [-0.1, -0.05) is 49.2 Å². The smallest absolute Gasteiger partial charge is 0.255 e. The molecule has 8 heteroatoms. The number of piperazine rings is 1. The summed E-state index contributed by atoms with van der Waals surface area (Å²) in [7, 11) is -3.65. The van der Waals surface area contributed by atoms with Crippen LogP contribution in [-0.4, -0.2) is 56.2 Å². The van der Waals surface area contributed by atoms with Crippen LogP contribution in [0.5, 0.6) is 0 Å². The van der Waals surface area contributed by atoms with E-state index in [1.54, 1.807) is 9.80 Å². The Kier molecular flexibility index (Phi) is 7.96. The molecule has 0 aliphatic carbocycles. The third-order valence-corrected chi connectivity index (χ3v) is 7.75. The molecule has 0 bridgehead atoms. The molecule has 1 saturated heterocycles. The van der Waals surface area contributed by atoms with Gasteiger partial charge in [0.1, 0.15) is 0 Å². The van der Waals surface area contributed by atoms with Crippen molar-refractivity contribution in [3.8, 4) is 0 Å². The van der Waals surface area contributed by atoms with E-state index < -0.39 is 9.84 Å². The van der Waals surface area contributed by atoms with Gasteiger partial charge < -0.3 is 9.80 Å². The monoisotopic (exact) mass is 476 g/mol. The van der Waals surface area contributed by atoms with Crippen LogP contribution in [0.25, 0.3) is 0 Å². The molecule has 0 unspecified atom stereocenters. The van der Waals surface area contributed by atoms with Crippen molar-refractivity contribution >= 4 is 33.3 Å². The molecule has 2 aromatic rings. The summed E-state index contributed by atoms with van der Waals surface area (Å²) in [5.41, 5.74) is 2.06. The maximum atomic E-state index is 13.0.